The summed E-state index contributed by atoms with van der Waals surface area (Å²) in [6, 6.07) is 5.02. The van der Waals surface area contributed by atoms with Gasteiger partial charge in [0.25, 0.3) is 23.3 Å². The quantitative estimate of drug-likeness (QED) is 0.431. The molecule has 1 aliphatic carbocycles. The lowest BCUT2D eigenvalue weighted by atomic mass is 9.98. The minimum absolute atomic E-state index is 0.0130. The van der Waals surface area contributed by atoms with Gasteiger partial charge in [-0.1, -0.05) is 11.6 Å². The number of hydrogen-bond donors (Lipinski definition) is 2. The molecule has 1 aliphatic heterocycles. The molecule has 41 heavy (non-hydrogen) atoms. The molecule has 2 N–H and O–H groups in total. The summed E-state index contributed by atoms with van der Waals surface area (Å²) in [7, 11) is 1.65. The number of halogens is 3. The summed E-state index contributed by atoms with van der Waals surface area (Å²) in [5.41, 5.74) is 0.332. The molecule has 1 saturated carbocycles. The molecule has 1 fully saturated rings. The highest BCUT2D eigenvalue weighted by molar-refractivity contribution is 6.31. The number of carbonyl (C=O) groups excluding carboxylic acids is 2. The van der Waals surface area contributed by atoms with Gasteiger partial charge in [-0.2, -0.15) is 5.10 Å². The van der Waals surface area contributed by atoms with Crippen molar-refractivity contribution in [3.8, 4) is 5.82 Å². The van der Waals surface area contributed by atoms with Gasteiger partial charge in [-0.05, 0) is 58.2 Å². The van der Waals surface area contributed by atoms with Crippen molar-refractivity contribution in [1.82, 2.24) is 29.5 Å². The van der Waals surface area contributed by atoms with Gasteiger partial charge in [0.15, 0.2) is 5.69 Å². The van der Waals surface area contributed by atoms with Gasteiger partial charge in [-0.15, -0.1) is 0 Å². The molecule has 5 rings (SSSR count). The van der Waals surface area contributed by atoms with E-state index in [1.807, 2.05) is 13.8 Å². The normalized spacial score (nSPS) is 17.0. The Bertz CT molecular complexity index is 1590. The van der Waals surface area contributed by atoms with Gasteiger partial charge < -0.3 is 15.5 Å². The van der Waals surface area contributed by atoms with Gasteiger partial charge in [-0.3, -0.25) is 19.1 Å². The van der Waals surface area contributed by atoms with Crippen LogP contribution in [0.25, 0.3) is 5.82 Å². The molecule has 0 radical (unpaired) electrons. The monoisotopic (exact) mass is 587 g/mol. The van der Waals surface area contributed by atoms with Crippen LogP contribution in [0.15, 0.2) is 29.1 Å². The van der Waals surface area contributed by atoms with Crippen molar-refractivity contribution in [3.05, 3.63) is 67.7 Å². The fraction of sp³-hybridized carbons (Fsp3) is 0.464. The Hall–Kier alpha value is -3.80. The lowest BCUT2D eigenvalue weighted by Crippen LogP contribution is -2.46. The SMILES string of the molecule is CC(C)Nc1nc2c(c(=O)n1-c1cc(C(=O)NC3CC3)nn1C)C[C@@H](C)N(C(=O)c1ccc(Cl)c(C(C)(F)F)c1)C2. The predicted molar refractivity (Wildman–Crippen MR) is 150 cm³/mol. The standard InChI is InChI=1S/C28H32ClF2N7O3/c1-14(2)32-27-34-22-13-37(25(40)16-6-9-20(29)19(11-16)28(4,30)31)15(3)10-18(22)26(41)38(27)23-12-21(35-36(23)5)24(39)33-17-7-8-17/h6,9,11-12,14-15,17H,7-8,10,13H2,1-5H3,(H,32,34)(H,33,39)/t15-/m1/s1. The van der Waals surface area contributed by atoms with Crippen LogP contribution in [0.1, 0.15) is 78.2 Å². The van der Waals surface area contributed by atoms with Crippen LogP contribution in [-0.4, -0.2) is 54.2 Å². The summed E-state index contributed by atoms with van der Waals surface area (Å²) in [4.78, 5) is 46.4. The third-order valence-electron chi connectivity index (χ3n) is 7.21. The highest BCUT2D eigenvalue weighted by Gasteiger charge is 2.34. The third-order valence-corrected chi connectivity index (χ3v) is 7.54. The summed E-state index contributed by atoms with van der Waals surface area (Å²) in [5, 5.41) is 10.3. The zero-order valence-corrected chi connectivity index (χ0v) is 24.2. The number of benzene rings is 1. The average molecular weight is 588 g/mol. The number of fused-ring (bicyclic) bond motifs is 1. The summed E-state index contributed by atoms with van der Waals surface area (Å²) in [6.07, 6.45) is 2.07. The molecule has 0 spiro atoms. The van der Waals surface area contributed by atoms with E-state index in [2.05, 4.69) is 15.7 Å². The third kappa shape index (κ3) is 5.70. The molecule has 2 aromatic heterocycles. The highest BCUT2D eigenvalue weighted by Crippen LogP contribution is 2.34. The Kier molecular flexibility index (Phi) is 7.39. The van der Waals surface area contributed by atoms with Crippen LogP contribution in [0.3, 0.4) is 0 Å². The van der Waals surface area contributed by atoms with Crippen molar-refractivity contribution in [2.24, 2.45) is 7.05 Å². The topological polar surface area (TPSA) is 114 Å². The number of aryl methyl sites for hydroxylation is 1. The van der Waals surface area contributed by atoms with E-state index in [0.717, 1.165) is 25.8 Å². The Balaban J connectivity index is 1.53. The van der Waals surface area contributed by atoms with E-state index in [0.29, 0.717) is 17.1 Å². The molecule has 3 aromatic rings. The Morgan fingerprint density at radius 3 is 2.54 bits per heavy atom. The summed E-state index contributed by atoms with van der Waals surface area (Å²) in [6.45, 7) is 6.32. The molecule has 2 amide bonds. The number of aromatic nitrogens is 4. The number of alkyl halides is 2. The van der Waals surface area contributed by atoms with Crippen molar-refractivity contribution in [2.45, 2.75) is 77.6 Å². The second kappa shape index (κ2) is 10.6. The molecular weight excluding hydrogens is 556 g/mol. The molecule has 2 aliphatic rings. The number of nitrogens with one attached hydrogen (secondary N) is 2. The lowest BCUT2D eigenvalue weighted by molar-refractivity contribution is 0.0175. The smallest absolute Gasteiger partial charge is 0.272 e. The van der Waals surface area contributed by atoms with E-state index in [4.69, 9.17) is 16.6 Å². The maximum atomic E-state index is 14.1. The largest absolute Gasteiger partial charge is 0.353 e. The van der Waals surface area contributed by atoms with Gasteiger partial charge in [0.1, 0.15) is 5.82 Å². The van der Waals surface area contributed by atoms with Crippen molar-refractivity contribution in [3.63, 3.8) is 0 Å². The molecule has 3 heterocycles. The van der Waals surface area contributed by atoms with Crippen molar-refractivity contribution in [1.29, 1.82) is 0 Å². The zero-order valence-electron chi connectivity index (χ0n) is 23.5. The summed E-state index contributed by atoms with van der Waals surface area (Å²) >= 11 is 5.98. The van der Waals surface area contributed by atoms with E-state index in [1.165, 1.54) is 26.3 Å². The first-order valence-corrected chi connectivity index (χ1v) is 13.9. The number of nitrogens with zero attached hydrogens (tertiary/aromatic N) is 5. The second-order valence-electron chi connectivity index (χ2n) is 11.1. The molecule has 0 saturated heterocycles. The number of amides is 2. The lowest BCUT2D eigenvalue weighted by Gasteiger charge is -2.35. The van der Waals surface area contributed by atoms with Crippen LogP contribution in [0.5, 0.6) is 0 Å². The fourth-order valence-electron chi connectivity index (χ4n) is 4.92. The maximum absolute atomic E-state index is 14.1. The van der Waals surface area contributed by atoms with E-state index in [1.54, 1.807) is 20.0 Å². The van der Waals surface area contributed by atoms with Gasteiger partial charge in [0, 0.05) is 59.9 Å². The molecular formula is C28H32ClF2N7O3. The first kappa shape index (κ1) is 28.7. The van der Waals surface area contributed by atoms with E-state index in [-0.39, 0.29) is 58.7 Å². The highest BCUT2D eigenvalue weighted by atomic mass is 35.5. The Morgan fingerprint density at radius 1 is 1.20 bits per heavy atom. The number of rotatable bonds is 7. The van der Waals surface area contributed by atoms with Crippen LogP contribution in [0.4, 0.5) is 14.7 Å². The van der Waals surface area contributed by atoms with Crippen LogP contribution in [0.2, 0.25) is 5.02 Å². The molecule has 13 heteroatoms. The molecule has 0 bridgehead atoms. The van der Waals surface area contributed by atoms with E-state index >= 15 is 0 Å². The minimum Gasteiger partial charge on any atom is -0.353 e. The first-order chi connectivity index (χ1) is 19.2. The Labute approximate surface area is 240 Å². The predicted octanol–water partition coefficient (Wildman–Crippen LogP) is 4.03. The maximum Gasteiger partial charge on any atom is 0.272 e. The van der Waals surface area contributed by atoms with Gasteiger partial charge in [0.05, 0.1) is 12.2 Å². The Morgan fingerprint density at radius 2 is 1.90 bits per heavy atom. The second-order valence-corrected chi connectivity index (χ2v) is 11.5. The van der Waals surface area contributed by atoms with Crippen LogP contribution < -0.4 is 16.2 Å². The average Bonchev–Trinajstić information content (AvgIpc) is 3.62. The minimum atomic E-state index is -3.22. The van der Waals surface area contributed by atoms with Crippen LogP contribution >= 0.6 is 11.6 Å². The zero-order chi connectivity index (χ0) is 29.8. The van der Waals surface area contributed by atoms with Crippen LogP contribution in [-0.2, 0) is 25.9 Å². The van der Waals surface area contributed by atoms with Crippen LogP contribution in [0, 0.1) is 0 Å². The number of anilines is 1. The first-order valence-electron chi connectivity index (χ1n) is 13.5. The van der Waals surface area contributed by atoms with Gasteiger partial charge in [-0.25, -0.2) is 18.3 Å². The molecule has 0 unspecified atom stereocenters. The van der Waals surface area contributed by atoms with Gasteiger partial charge >= 0.3 is 0 Å². The number of hydrogen-bond acceptors (Lipinski definition) is 6. The number of carbonyl (C=O) groups is 2. The summed E-state index contributed by atoms with van der Waals surface area (Å²) in [5.74, 6) is -3.38. The van der Waals surface area contributed by atoms with Crippen molar-refractivity contribution in [2.75, 3.05) is 5.32 Å². The van der Waals surface area contributed by atoms with Crippen molar-refractivity contribution < 1.29 is 18.4 Å². The van der Waals surface area contributed by atoms with Crippen molar-refractivity contribution >= 4 is 29.4 Å². The van der Waals surface area contributed by atoms with E-state index in [9.17, 15) is 23.2 Å². The molecule has 1 atom stereocenters. The van der Waals surface area contributed by atoms with E-state index < -0.39 is 23.4 Å². The van der Waals surface area contributed by atoms with Gasteiger partial charge in [0.2, 0.25) is 5.95 Å². The fourth-order valence-corrected chi connectivity index (χ4v) is 5.21. The molecule has 10 nitrogen and oxygen atoms in total. The summed E-state index contributed by atoms with van der Waals surface area (Å²) < 4.78 is 31.0. The molecule has 218 valence electrons. The molecule has 1 aromatic carbocycles.